The van der Waals surface area contributed by atoms with Gasteiger partial charge in [0.15, 0.2) is 17.2 Å². The molecule has 0 bridgehead atoms. The molecule has 16 heteroatoms. The molecule has 9 nitrogen and oxygen atoms in total. The van der Waals surface area contributed by atoms with E-state index in [1.807, 2.05) is 32.0 Å². The largest absolute Gasteiger partial charge is 1.00 e. The second-order valence-electron chi connectivity index (χ2n) is 12.0. The molecule has 0 spiro atoms. The van der Waals surface area contributed by atoms with E-state index in [0.717, 1.165) is 5.56 Å². The van der Waals surface area contributed by atoms with E-state index in [0.29, 0.717) is 52.7 Å². The summed E-state index contributed by atoms with van der Waals surface area (Å²) in [7, 11) is 2.95. The van der Waals surface area contributed by atoms with Crippen LogP contribution in [0.3, 0.4) is 0 Å². The minimum atomic E-state index is -5.05. The number of alkyl halides is 6. The monoisotopic (exact) mass is 758 g/mol. The van der Waals surface area contributed by atoms with Crippen LogP contribution < -0.4 is 53.4 Å². The molecule has 0 radical (unpaired) electrons. The summed E-state index contributed by atoms with van der Waals surface area (Å²) in [6.45, 7) is 5.61. The van der Waals surface area contributed by atoms with E-state index in [2.05, 4.69) is 9.97 Å². The van der Waals surface area contributed by atoms with Gasteiger partial charge in [-0.25, -0.2) is 9.97 Å². The molecule has 4 rings (SSSR count). The number of aliphatic carboxylic acids is 1. The molecule has 0 fully saturated rings. The van der Waals surface area contributed by atoms with Crippen LogP contribution in [0.15, 0.2) is 60.9 Å². The van der Waals surface area contributed by atoms with Crippen molar-refractivity contribution in [1.82, 2.24) is 9.97 Å². The van der Waals surface area contributed by atoms with Crippen molar-refractivity contribution in [2.24, 2.45) is 0 Å². The first-order valence-electron chi connectivity index (χ1n) is 16.3. The molecule has 3 aromatic carbocycles. The number of nitrogens with zero attached hydrogens (tertiary/aromatic N) is 3. The standard InChI is InChI=1S/C37H39F6N3O6.Na/c1-6-51-33-17-29(30-14-24(22(2)3)9-10-31(30)49-4)25(15-32(33)50-5)21-46(35-44-18-28(19-45-35)52-11-7-8-34(47)48)20-23-12-26(36(38,39)40)16-27(13-23)37(41,42)43;/h9-10,12-19,22H,6-8,11,20-21H2,1-5H3,(H,47,48);/q;+1. The fraction of sp³-hybridized carbons (Fsp3) is 0.378. The van der Waals surface area contributed by atoms with Crippen LogP contribution in [0.1, 0.15) is 67.3 Å². The van der Waals surface area contributed by atoms with E-state index in [9.17, 15) is 31.1 Å². The molecular weight excluding hydrogens is 719 g/mol. The number of methoxy groups -OCH3 is 2. The van der Waals surface area contributed by atoms with Crippen molar-refractivity contribution in [2.75, 3.05) is 32.3 Å². The third kappa shape index (κ3) is 11.6. The Balaban J connectivity index is 0.00000756. The Bertz CT molecular complexity index is 1810. The summed E-state index contributed by atoms with van der Waals surface area (Å²) in [4.78, 5) is 20.9. The topological polar surface area (TPSA) is 103 Å². The van der Waals surface area contributed by atoms with Gasteiger partial charge in [-0.3, -0.25) is 4.79 Å². The number of anilines is 1. The van der Waals surface area contributed by atoms with Crippen molar-refractivity contribution < 1.29 is 84.7 Å². The molecule has 53 heavy (non-hydrogen) atoms. The predicted molar refractivity (Wildman–Crippen MR) is 181 cm³/mol. The third-order valence-corrected chi connectivity index (χ3v) is 7.95. The van der Waals surface area contributed by atoms with E-state index in [1.54, 1.807) is 19.1 Å². The first-order chi connectivity index (χ1) is 24.5. The number of ether oxygens (including phenoxy) is 4. The van der Waals surface area contributed by atoms with Crippen LogP contribution in [0, 0.1) is 0 Å². The van der Waals surface area contributed by atoms with E-state index in [4.69, 9.17) is 24.1 Å². The number of halogens is 6. The number of benzene rings is 3. The summed E-state index contributed by atoms with van der Waals surface area (Å²) in [5.41, 5.74) is -0.412. The number of hydrogen-bond acceptors (Lipinski definition) is 8. The van der Waals surface area contributed by atoms with Gasteiger partial charge in [0.25, 0.3) is 0 Å². The van der Waals surface area contributed by atoms with Crippen molar-refractivity contribution >= 4 is 11.9 Å². The fourth-order valence-electron chi connectivity index (χ4n) is 5.40. The number of carbonyl (C=O) groups is 1. The normalized spacial score (nSPS) is 11.5. The Morgan fingerprint density at radius 3 is 1.96 bits per heavy atom. The van der Waals surface area contributed by atoms with Gasteiger partial charge in [0, 0.05) is 25.1 Å². The van der Waals surface area contributed by atoms with Crippen molar-refractivity contribution in [2.45, 2.75) is 65.0 Å². The van der Waals surface area contributed by atoms with Crippen LogP contribution in [0.2, 0.25) is 0 Å². The van der Waals surface area contributed by atoms with Crippen LogP contribution in [-0.2, 0) is 30.2 Å². The number of carboxylic acids is 1. The molecule has 0 saturated carbocycles. The SMILES string of the molecule is CCOc1cc(-c2cc(C(C)C)ccc2OC)c(CN(Cc2cc(C(F)(F)F)cc(C(F)(F)F)c2)c2ncc(OCCCC(=O)O)cn2)cc1OC.[Na+]. The predicted octanol–water partition coefficient (Wildman–Crippen LogP) is 6.17. The molecule has 0 atom stereocenters. The van der Waals surface area contributed by atoms with Crippen molar-refractivity contribution in [3.63, 3.8) is 0 Å². The molecule has 4 aromatic rings. The molecule has 0 amide bonds. The zero-order chi connectivity index (χ0) is 38.2. The average molecular weight is 759 g/mol. The molecule has 1 N–H and O–H groups in total. The summed E-state index contributed by atoms with van der Waals surface area (Å²) in [6, 6.07) is 10.5. The van der Waals surface area contributed by atoms with E-state index in [-0.39, 0.29) is 84.8 Å². The molecule has 0 unspecified atom stereocenters. The zero-order valence-corrected chi connectivity index (χ0v) is 32.2. The van der Waals surface area contributed by atoms with E-state index in [1.165, 1.54) is 31.5 Å². The Morgan fingerprint density at radius 2 is 1.43 bits per heavy atom. The molecular formula is C37H39F6N3NaO6+. The molecule has 1 heterocycles. The fourth-order valence-corrected chi connectivity index (χ4v) is 5.40. The maximum absolute atomic E-state index is 13.9. The van der Waals surface area contributed by atoms with Gasteiger partial charge in [-0.2, -0.15) is 26.3 Å². The van der Waals surface area contributed by atoms with Gasteiger partial charge in [0.1, 0.15) is 5.75 Å². The maximum atomic E-state index is 13.9. The van der Waals surface area contributed by atoms with Crippen LogP contribution in [0.4, 0.5) is 32.3 Å². The first-order valence-corrected chi connectivity index (χ1v) is 16.3. The summed E-state index contributed by atoms with van der Waals surface area (Å²) in [6.07, 6.45) is -7.43. The quantitative estimate of drug-likeness (QED) is 0.0817. The molecule has 0 aliphatic rings. The Labute approximate surface area is 325 Å². The minimum absolute atomic E-state index is 0. The van der Waals surface area contributed by atoms with Gasteiger partial charge in [0.05, 0.1) is 51.0 Å². The number of rotatable bonds is 16. The van der Waals surface area contributed by atoms with Crippen molar-refractivity contribution in [3.05, 3.63) is 88.7 Å². The van der Waals surface area contributed by atoms with Crippen LogP contribution in [0.25, 0.3) is 11.1 Å². The molecule has 0 aliphatic heterocycles. The van der Waals surface area contributed by atoms with Crippen LogP contribution in [-0.4, -0.2) is 48.5 Å². The first kappa shape index (κ1) is 43.2. The average Bonchev–Trinajstić information content (AvgIpc) is 3.09. The smallest absolute Gasteiger partial charge is 0.496 e. The zero-order valence-electron chi connectivity index (χ0n) is 30.2. The van der Waals surface area contributed by atoms with Gasteiger partial charge in [-0.1, -0.05) is 19.9 Å². The van der Waals surface area contributed by atoms with Crippen molar-refractivity contribution in [1.29, 1.82) is 0 Å². The molecule has 280 valence electrons. The van der Waals surface area contributed by atoms with Gasteiger partial charge < -0.3 is 29.0 Å². The Morgan fingerprint density at radius 1 is 0.811 bits per heavy atom. The summed E-state index contributed by atoms with van der Waals surface area (Å²) in [5.74, 6) is 0.545. The van der Waals surface area contributed by atoms with Gasteiger partial charge in [-0.15, -0.1) is 0 Å². The van der Waals surface area contributed by atoms with Crippen molar-refractivity contribution in [3.8, 4) is 34.1 Å². The van der Waals surface area contributed by atoms with Gasteiger partial charge >= 0.3 is 47.9 Å². The van der Waals surface area contributed by atoms with Gasteiger partial charge in [0.2, 0.25) is 5.95 Å². The molecule has 0 saturated heterocycles. The van der Waals surface area contributed by atoms with Crippen LogP contribution in [0.5, 0.6) is 23.0 Å². The Kier molecular flexibility index (Phi) is 15.2. The van der Waals surface area contributed by atoms with E-state index >= 15 is 0 Å². The number of carboxylic acid groups (broad SMARTS) is 1. The van der Waals surface area contributed by atoms with Crippen LogP contribution >= 0.6 is 0 Å². The summed E-state index contributed by atoms with van der Waals surface area (Å²) < 4.78 is 106. The number of aromatic nitrogens is 2. The van der Waals surface area contributed by atoms with Gasteiger partial charge in [-0.05, 0) is 84.0 Å². The maximum Gasteiger partial charge on any atom is 1.00 e. The second kappa shape index (κ2) is 18.7. The summed E-state index contributed by atoms with van der Waals surface area (Å²) >= 11 is 0. The molecule has 1 aromatic heterocycles. The van der Waals surface area contributed by atoms with E-state index < -0.39 is 36.0 Å². The second-order valence-corrected chi connectivity index (χ2v) is 12.0. The Hall–Kier alpha value is -4.21. The molecule has 0 aliphatic carbocycles. The third-order valence-electron chi connectivity index (χ3n) is 7.95. The number of hydrogen-bond donors (Lipinski definition) is 1. The minimum Gasteiger partial charge on any atom is -0.496 e. The summed E-state index contributed by atoms with van der Waals surface area (Å²) in [5, 5.41) is 8.88.